The zero-order valence-electron chi connectivity index (χ0n) is 18.3. The van der Waals surface area contributed by atoms with E-state index >= 15 is 0 Å². The number of carbonyl (C=O) groups is 3. The van der Waals surface area contributed by atoms with Gasteiger partial charge in [-0.2, -0.15) is 0 Å². The van der Waals surface area contributed by atoms with Gasteiger partial charge in [0.05, 0.1) is 0 Å². The molecule has 0 aromatic heterocycles. The Morgan fingerprint density at radius 1 is 1.04 bits per heavy atom. The maximum absolute atomic E-state index is 13.4. The van der Waals surface area contributed by atoms with Crippen LogP contribution in [0.5, 0.6) is 0 Å². The van der Waals surface area contributed by atoms with Crippen molar-refractivity contribution in [1.29, 1.82) is 0 Å². The third-order valence-corrected chi connectivity index (χ3v) is 5.82. The summed E-state index contributed by atoms with van der Waals surface area (Å²) in [5.41, 5.74) is -1.21. The Kier molecular flexibility index (Phi) is 6.66. The van der Waals surface area contributed by atoms with Crippen molar-refractivity contribution in [2.45, 2.75) is 91.3 Å². The smallest absolute Gasteiger partial charge is 0.408 e. The highest BCUT2D eigenvalue weighted by Crippen LogP contribution is 2.32. The van der Waals surface area contributed by atoms with E-state index in [2.05, 4.69) is 0 Å². The molecule has 1 atom stereocenters. The Morgan fingerprint density at radius 2 is 1.61 bits per heavy atom. The minimum Gasteiger partial charge on any atom is -0.465 e. The summed E-state index contributed by atoms with van der Waals surface area (Å²) in [6.07, 6.45) is 3.10. The van der Waals surface area contributed by atoms with Gasteiger partial charge >= 0.3 is 6.09 Å². The highest BCUT2D eigenvalue weighted by molar-refractivity contribution is 5.86. The average Bonchev–Trinajstić information content (AvgIpc) is 2.57. The van der Waals surface area contributed by atoms with Crippen LogP contribution in [0.25, 0.3) is 0 Å². The first-order valence-corrected chi connectivity index (χ1v) is 10.4. The number of piperidine rings is 2. The summed E-state index contributed by atoms with van der Waals surface area (Å²) in [7, 11) is 0. The first-order valence-electron chi connectivity index (χ1n) is 10.4. The van der Waals surface area contributed by atoms with Crippen molar-refractivity contribution in [2.24, 2.45) is 5.41 Å². The fraction of sp³-hybridized carbons (Fsp3) is 0.857. The molecule has 0 aromatic rings. The minimum atomic E-state index is -1.07. The summed E-state index contributed by atoms with van der Waals surface area (Å²) in [4.78, 5) is 42.7. The second kappa shape index (κ2) is 8.29. The first kappa shape index (κ1) is 22.5. The van der Waals surface area contributed by atoms with Crippen molar-refractivity contribution in [3.63, 3.8) is 0 Å². The minimum absolute atomic E-state index is 0.131. The molecule has 2 rings (SSSR count). The maximum Gasteiger partial charge on any atom is 0.408 e. The van der Waals surface area contributed by atoms with Gasteiger partial charge in [-0.3, -0.25) is 14.5 Å². The molecule has 1 N–H and O–H groups in total. The Labute approximate surface area is 169 Å². The molecule has 3 amide bonds. The molecule has 2 aliphatic rings. The van der Waals surface area contributed by atoms with Gasteiger partial charge < -0.3 is 14.9 Å². The molecule has 160 valence electrons. The van der Waals surface area contributed by atoms with Crippen LogP contribution < -0.4 is 0 Å². The van der Waals surface area contributed by atoms with Gasteiger partial charge in [0.15, 0.2) is 0 Å². The molecule has 7 heteroatoms. The molecule has 28 heavy (non-hydrogen) atoms. The van der Waals surface area contributed by atoms with Crippen molar-refractivity contribution in [1.82, 2.24) is 14.7 Å². The molecular formula is C21H37N3O4. The molecular weight excluding hydrogens is 358 g/mol. The fourth-order valence-corrected chi connectivity index (χ4v) is 4.44. The molecule has 0 aromatic carbocycles. The molecule has 0 saturated carbocycles. The second-order valence-corrected chi connectivity index (χ2v) is 10.2. The third-order valence-electron chi connectivity index (χ3n) is 5.82. The zero-order chi connectivity index (χ0) is 21.3. The molecule has 2 aliphatic heterocycles. The lowest BCUT2D eigenvalue weighted by molar-refractivity contribution is -0.145. The second-order valence-electron chi connectivity index (χ2n) is 10.2. The van der Waals surface area contributed by atoms with Crippen LogP contribution >= 0.6 is 0 Å². The largest absolute Gasteiger partial charge is 0.465 e. The topological polar surface area (TPSA) is 81.2 Å². The van der Waals surface area contributed by atoms with E-state index in [1.165, 1.54) is 4.90 Å². The molecule has 2 fully saturated rings. The van der Waals surface area contributed by atoms with Crippen molar-refractivity contribution in [3.05, 3.63) is 0 Å². The highest BCUT2D eigenvalue weighted by Gasteiger charge is 2.46. The number of likely N-dealkylation sites (tertiary alicyclic amines) is 2. The van der Waals surface area contributed by atoms with E-state index in [9.17, 15) is 19.5 Å². The number of amides is 3. The van der Waals surface area contributed by atoms with E-state index in [1.54, 1.807) is 4.90 Å². The Morgan fingerprint density at radius 3 is 2.04 bits per heavy atom. The monoisotopic (exact) mass is 395 g/mol. The first-order chi connectivity index (χ1) is 12.8. The van der Waals surface area contributed by atoms with E-state index in [0.29, 0.717) is 19.5 Å². The van der Waals surface area contributed by atoms with Gasteiger partial charge in [-0.1, -0.05) is 20.8 Å². The fourth-order valence-electron chi connectivity index (χ4n) is 4.44. The van der Waals surface area contributed by atoms with Crippen LogP contribution in [-0.4, -0.2) is 75.0 Å². The number of hydrogen-bond acceptors (Lipinski definition) is 3. The molecule has 7 nitrogen and oxygen atoms in total. The average molecular weight is 396 g/mol. The summed E-state index contributed by atoms with van der Waals surface area (Å²) >= 11 is 0. The summed E-state index contributed by atoms with van der Waals surface area (Å²) in [5, 5.41) is 9.84. The SMILES string of the molecule is CC(C)(C)[C@H](C(=O)N1CCC(N2CCCCC2=O)CC1)N(C(=O)O)C(C)(C)C. The van der Waals surface area contributed by atoms with Gasteiger partial charge in [0.1, 0.15) is 6.04 Å². The predicted octanol–water partition coefficient (Wildman–Crippen LogP) is 3.18. The van der Waals surface area contributed by atoms with Crippen molar-refractivity contribution < 1.29 is 19.5 Å². The predicted molar refractivity (Wildman–Crippen MR) is 108 cm³/mol. The number of carbonyl (C=O) groups excluding carboxylic acids is 2. The molecule has 0 radical (unpaired) electrons. The van der Waals surface area contributed by atoms with Crippen LogP contribution in [0.3, 0.4) is 0 Å². The van der Waals surface area contributed by atoms with E-state index < -0.39 is 23.1 Å². The molecule has 2 saturated heterocycles. The van der Waals surface area contributed by atoms with E-state index in [0.717, 1.165) is 32.2 Å². The van der Waals surface area contributed by atoms with E-state index in [1.807, 2.05) is 46.4 Å². The summed E-state index contributed by atoms with van der Waals surface area (Å²) in [6, 6.07) is -0.554. The number of hydrogen-bond donors (Lipinski definition) is 1. The standard InChI is InChI=1S/C21H37N3O4/c1-20(2,3)17(24(19(27)28)21(4,5)6)18(26)22-13-10-15(11-14-22)23-12-8-7-9-16(23)25/h15,17H,7-14H2,1-6H3,(H,27,28)/t17-/m0/s1. The Hall–Kier alpha value is -1.79. The van der Waals surface area contributed by atoms with Crippen LogP contribution in [0.15, 0.2) is 0 Å². The van der Waals surface area contributed by atoms with E-state index in [4.69, 9.17) is 0 Å². The van der Waals surface area contributed by atoms with Crippen LogP contribution in [0.4, 0.5) is 4.79 Å². The van der Waals surface area contributed by atoms with Crippen LogP contribution in [0.1, 0.15) is 73.6 Å². The van der Waals surface area contributed by atoms with Gasteiger partial charge in [-0.15, -0.1) is 0 Å². The van der Waals surface area contributed by atoms with Crippen LogP contribution in [0.2, 0.25) is 0 Å². The third kappa shape index (κ3) is 4.97. The summed E-state index contributed by atoms with van der Waals surface area (Å²) < 4.78 is 0. The lowest BCUT2D eigenvalue weighted by Crippen LogP contribution is -2.63. The molecule has 0 spiro atoms. The summed E-state index contributed by atoms with van der Waals surface area (Å²) in [6.45, 7) is 13.2. The molecule has 0 bridgehead atoms. The van der Waals surface area contributed by atoms with Crippen molar-refractivity contribution in [2.75, 3.05) is 19.6 Å². The van der Waals surface area contributed by atoms with Gasteiger partial charge in [-0.25, -0.2) is 4.79 Å². The molecule has 0 unspecified atom stereocenters. The molecule has 2 heterocycles. The summed E-state index contributed by atoms with van der Waals surface area (Å²) in [5.74, 6) is 0.0987. The van der Waals surface area contributed by atoms with Crippen LogP contribution in [-0.2, 0) is 9.59 Å². The highest BCUT2D eigenvalue weighted by atomic mass is 16.4. The van der Waals surface area contributed by atoms with Gasteiger partial charge in [-0.05, 0) is 51.9 Å². The van der Waals surface area contributed by atoms with E-state index in [-0.39, 0.29) is 17.9 Å². The van der Waals surface area contributed by atoms with Gasteiger partial charge in [0, 0.05) is 37.6 Å². The number of rotatable bonds is 3. The molecule has 0 aliphatic carbocycles. The number of nitrogens with zero attached hydrogens (tertiary/aromatic N) is 3. The number of carboxylic acid groups (broad SMARTS) is 1. The zero-order valence-corrected chi connectivity index (χ0v) is 18.3. The van der Waals surface area contributed by atoms with Crippen molar-refractivity contribution >= 4 is 17.9 Å². The normalized spacial score (nSPS) is 20.9. The van der Waals surface area contributed by atoms with Gasteiger partial charge in [0.2, 0.25) is 11.8 Å². The Balaban J connectivity index is 2.14. The van der Waals surface area contributed by atoms with Gasteiger partial charge in [0.25, 0.3) is 0 Å². The van der Waals surface area contributed by atoms with Crippen molar-refractivity contribution in [3.8, 4) is 0 Å². The van der Waals surface area contributed by atoms with Crippen LogP contribution in [0, 0.1) is 5.41 Å². The quantitative estimate of drug-likeness (QED) is 0.796. The lowest BCUT2D eigenvalue weighted by Gasteiger charge is -2.47. The maximum atomic E-state index is 13.4. The lowest BCUT2D eigenvalue weighted by atomic mass is 9.82. The Bertz CT molecular complexity index is 598.